The summed E-state index contributed by atoms with van der Waals surface area (Å²) in [6, 6.07) is 0. The summed E-state index contributed by atoms with van der Waals surface area (Å²) in [5, 5.41) is 0.351. The van der Waals surface area contributed by atoms with Crippen LogP contribution in [0.2, 0.25) is 0 Å². The van der Waals surface area contributed by atoms with Gasteiger partial charge in [0, 0.05) is 16.5 Å². The molecule has 0 aromatic carbocycles. The van der Waals surface area contributed by atoms with Crippen LogP contribution in [0.25, 0.3) is 0 Å². The minimum Gasteiger partial charge on any atom is -0.432 e. The highest BCUT2D eigenvalue weighted by atomic mass is 79.9. The van der Waals surface area contributed by atoms with Crippen LogP contribution in [-0.4, -0.2) is 36.5 Å². The SMILES string of the molecule is C=C(C)C(=O)OC(C)OP(=O)(OCCBr)OC(C)OC(=O)C(=C)C. The van der Waals surface area contributed by atoms with Crippen LogP contribution in [0.3, 0.4) is 0 Å². The molecule has 10 heteroatoms. The molecule has 0 heterocycles. The van der Waals surface area contributed by atoms with Gasteiger partial charge in [0.25, 0.3) is 0 Å². The number of alkyl halides is 1. The van der Waals surface area contributed by atoms with Crippen LogP contribution in [0.4, 0.5) is 0 Å². The van der Waals surface area contributed by atoms with Gasteiger partial charge < -0.3 is 9.47 Å². The van der Waals surface area contributed by atoms with Crippen LogP contribution >= 0.6 is 23.8 Å². The lowest BCUT2D eigenvalue weighted by atomic mass is 10.4. The molecule has 0 amide bonds. The Balaban J connectivity index is 4.90. The zero-order valence-electron chi connectivity index (χ0n) is 14.1. The Kier molecular flexibility index (Phi) is 10.3. The van der Waals surface area contributed by atoms with Crippen molar-refractivity contribution in [1.29, 1.82) is 0 Å². The van der Waals surface area contributed by atoms with E-state index >= 15 is 0 Å². The van der Waals surface area contributed by atoms with E-state index in [-0.39, 0.29) is 17.8 Å². The van der Waals surface area contributed by atoms with Crippen molar-refractivity contribution in [2.45, 2.75) is 40.3 Å². The van der Waals surface area contributed by atoms with Crippen LogP contribution < -0.4 is 0 Å². The first-order valence-corrected chi connectivity index (χ1v) is 9.49. The third-order valence-corrected chi connectivity index (χ3v) is 4.06. The van der Waals surface area contributed by atoms with Crippen LogP contribution in [0, 0.1) is 0 Å². The molecule has 0 aromatic heterocycles. The average molecular weight is 429 g/mol. The Morgan fingerprint density at radius 2 is 1.38 bits per heavy atom. The van der Waals surface area contributed by atoms with Gasteiger partial charge in [-0.1, -0.05) is 29.1 Å². The number of esters is 2. The molecule has 2 atom stereocenters. The van der Waals surface area contributed by atoms with Gasteiger partial charge in [-0.25, -0.2) is 23.2 Å². The number of rotatable bonds is 11. The van der Waals surface area contributed by atoms with E-state index in [1.165, 1.54) is 27.7 Å². The molecule has 0 aliphatic rings. The molecule has 0 radical (unpaired) electrons. The fraction of sp³-hybridized carbons (Fsp3) is 0.571. The third kappa shape index (κ3) is 9.34. The summed E-state index contributed by atoms with van der Waals surface area (Å²) >= 11 is 3.10. The summed E-state index contributed by atoms with van der Waals surface area (Å²) in [4.78, 5) is 22.9. The summed E-state index contributed by atoms with van der Waals surface area (Å²) in [5.74, 6) is -1.45. The molecule has 0 N–H and O–H groups in total. The Bertz CT molecular complexity index is 493. The van der Waals surface area contributed by atoms with Gasteiger partial charge >= 0.3 is 19.8 Å². The van der Waals surface area contributed by atoms with E-state index in [2.05, 4.69) is 29.1 Å². The van der Waals surface area contributed by atoms with E-state index in [0.29, 0.717) is 5.33 Å². The standard InChI is InChI=1S/C14H22BrO8P/c1-9(2)13(16)20-11(5)22-24(18,19-8-7-15)23-12(6)21-14(17)10(3)4/h11-12H,1,3,7-8H2,2,4-6H3. The molecule has 24 heavy (non-hydrogen) atoms. The van der Waals surface area contributed by atoms with Crippen LogP contribution in [0.1, 0.15) is 27.7 Å². The largest absolute Gasteiger partial charge is 0.481 e. The van der Waals surface area contributed by atoms with Crippen molar-refractivity contribution >= 4 is 35.7 Å². The quantitative estimate of drug-likeness (QED) is 0.162. The van der Waals surface area contributed by atoms with Gasteiger partial charge in [-0.3, -0.25) is 4.52 Å². The van der Waals surface area contributed by atoms with Crippen molar-refractivity contribution in [3.8, 4) is 0 Å². The summed E-state index contributed by atoms with van der Waals surface area (Å²) in [7, 11) is -4.16. The minimum absolute atomic E-state index is 0.0143. The predicted molar refractivity (Wildman–Crippen MR) is 90.3 cm³/mol. The van der Waals surface area contributed by atoms with Gasteiger partial charge in [0.1, 0.15) is 0 Å². The normalized spacial score (nSPS) is 15.7. The molecule has 138 valence electrons. The second kappa shape index (κ2) is 10.8. The van der Waals surface area contributed by atoms with E-state index in [9.17, 15) is 14.2 Å². The summed E-state index contributed by atoms with van der Waals surface area (Å²) in [5.41, 5.74) is 0.290. The molecule has 0 fully saturated rings. The zero-order chi connectivity index (χ0) is 18.9. The molecule has 0 aliphatic heterocycles. The highest BCUT2D eigenvalue weighted by molar-refractivity contribution is 9.09. The number of hydrogen-bond acceptors (Lipinski definition) is 8. The van der Waals surface area contributed by atoms with Crippen molar-refractivity contribution in [3.05, 3.63) is 24.3 Å². The first-order chi connectivity index (χ1) is 11.0. The zero-order valence-corrected chi connectivity index (χ0v) is 16.6. The van der Waals surface area contributed by atoms with Crippen molar-refractivity contribution < 1.29 is 37.2 Å². The van der Waals surface area contributed by atoms with Crippen molar-refractivity contribution in [3.63, 3.8) is 0 Å². The lowest BCUT2D eigenvalue weighted by Gasteiger charge is -2.24. The molecule has 0 spiro atoms. The number of phosphoric acid groups is 1. The maximum Gasteiger partial charge on any atom is 0.481 e. The second-order valence-corrected chi connectivity index (χ2v) is 7.05. The molecule has 0 saturated carbocycles. The summed E-state index contributed by atoms with van der Waals surface area (Å²) in [6.45, 7) is 12.4. The smallest absolute Gasteiger partial charge is 0.432 e. The first-order valence-electron chi connectivity index (χ1n) is 6.91. The van der Waals surface area contributed by atoms with Gasteiger partial charge in [-0.15, -0.1) is 0 Å². The van der Waals surface area contributed by atoms with E-state index in [1.807, 2.05) is 0 Å². The van der Waals surface area contributed by atoms with Crippen LogP contribution in [0.15, 0.2) is 24.3 Å². The van der Waals surface area contributed by atoms with Crippen LogP contribution in [-0.2, 0) is 37.2 Å². The number of hydrogen-bond donors (Lipinski definition) is 0. The molecule has 0 rings (SSSR count). The van der Waals surface area contributed by atoms with E-state index in [4.69, 9.17) is 23.0 Å². The van der Waals surface area contributed by atoms with Crippen molar-refractivity contribution in [2.75, 3.05) is 11.9 Å². The Labute approximate surface area is 149 Å². The monoisotopic (exact) mass is 428 g/mol. The van der Waals surface area contributed by atoms with Gasteiger partial charge in [0.2, 0.25) is 12.6 Å². The fourth-order valence-corrected chi connectivity index (χ4v) is 2.85. The minimum atomic E-state index is -4.16. The van der Waals surface area contributed by atoms with E-state index in [1.54, 1.807) is 0 Å². The first kappa shape index (κ1) is 23.0. The molecule has 2 unspecified atom stereocenters. The highest BCUT2D eigenvalue weighted by Crippen LogP contribution is 2.52. The number of ether oxygens (including phenoxy) is 2. The lowest BCUT2D eigenvalue weighted by molar-refractivity contribution is -0.165. The average Bonchev–Trinajstić information content (AvgIpc) is 2.44. The van der Waals surface area contributed by atoms with E-state index < -0.39 is 32.3 Å². The molecular formula is C14H22BrO8P. The molecule has 0 aromatic rings. The second-order valence-electron chi connectivity index (χ2n) is 4.69. The van der Waals surface area contributed by atoms with Gasteiger partial charge in [-0.05, 0) is 27.7 Å². The number of carbonyl (C=O) groups is 2. The topological polar surface area (TPSA) is 97.4 Å². The number of halogens is 1. The van der Waals surface area contributed by atoms with Gasteiger partial charge in [0.15, 0.2) is 0 Å². The maximum atomic E-state index is 12.6. The van der Waals surface area contributed by atoms with Crippen molar-refractivity contribution in [1.82, 2.24) is 0 Å². The maximum absolute atomic E-state index is 12.6. The molecule has 0 saturated heterocycles. The lowest BCUT2D eigenvalue weighted by Crippen LogP contribution is -2.22. The molecule has 0 aliphatic carbocycles. The summed E-state index contributed by atoms with van der Waals surface area (Å²) in [6.07, 6.45) is -2.47. The Morgan fingerprint density at radius 3 is 1.67 bits per heavy atom. The molecular weight excluding hydrogens is 407 g/mol. The van der Waals surface area contributed by atoms with Crippen molar-refractivity contribution in [2.24, 2.45) is 0 Å². The van der Waals surface area contributed by atoms with Gasteiger partial charge in [0.05, 0.1) is 6.61 Å². The van der Waals surface area contributed by atoms with E-state index in [0.717, 1.165) is 0 Å². The predicted octanol–water partition coefficient (Wildman–Crippen LogP) is 3.47. The molecule has 0 bridgehead atoms. The highest BCUT2D eigenvalue weighted by Gasteiger charge is 2.34. The third-order valence-electron chi connectivity index (χ3n) is 2.12. The van der Waals surface area contributed by atoms with Crippen LogP contribution in [0.5, 0.6) is 0 Å². The summed E-state index contributed by atoms with van der Waals surface area (Å²) < 4.78 is 37.5. The Hall–Kier alpha value is -0.990. The fourth-order valence-electron chi connectivity index (χ4n) is 1.14. The Morgan fingerprint density at radius 1 is 1.00 bits per heavy atom. The number of phosphoric ester groups is 1. The molecule has 8 nitrogen and oxygen atoms in total. The number of carbonyl (C=O) groups excluding carboxylic acids is 2. The van der Waals surface area contributed by atoms with Gasteiger partial charge in [-0.2, -0.15) is 0 Å².